The van der Waals surface area contributed by atoms with E-state index >= 15 is 0 Å². The van der Waals surface area contributed by atoms with Crippen LogP contribution in [0.4, 0.5) is 11.4 Å². The Balaban J connectivity index is 2.30. The number of anilines is 2. The normalized spacial score (nSPS) is 9.71. The summed E-state index contributed by atoms with van der Waals surface area (Å²) >= 11 is 3.39. The predicted molar refractivity (Wildman–Crippen MR) is 73.3 cm³/mol. The van der Waals surface area contributed by atoms with E-state index in [9.17, 15) is 0 Å². The Morgan fingerprint density at radius 2 is 1.82 bits per heavy atom. The maximum atomic E-state index is 9.07. The van der Waals surface area contributed by atoms with Gasteiger partial charge in [0.05, 0.1) is 11.3 Å². The zero-order valence-corrected chi connectivity index (χ0v) is 11.0. The van der Waals surface area contributed by atoms with E-state index in [-0.39, 0.29) is 0 Å². The van der Waals surface area contributed by atoms with Gasteiger partial charge in [0.1, 0.15) is 6.07 Å². The van der Waals surface area contributed by atoms with Crippen molar-refractivity contribution in [1.82, 2.24) is 0 Å². The Bertz CT molecular complexity index is 568. The van der Waals surface area contributed by atoms with Crippen molar-refractivity contribution in [3.05, 3.63) is 58.1 Å². The fraction of sp³-hybridized carbons (Fsp3) is 0.0714. The first-order chi connectivity index (χ1) is 8.19. The van der Waals surface area contributed by atoms with Crippen molar-refractivity contribution in [1.29, 1.82) is 5.26 Å². The molecule has 0 heterocycles. The third-order valence-corrected chi connectivity index (χ3v) is 2.95. The molecule has 2 rings (SSSR count). The van der Waals surface area contributed by atoms with E-state index < -0.39 is 0 Å². The summed E-state index contributed by atoms with van der Waals surface area (Å²) in [5.74, 6) is 0. The molecule has 0 saturated carbocycles. The van der Waals surface area contributed by atoms with Gasteiger partial charge in [0.2, 0.25) is 0 Å². The average Bonchev–Trinajstić information content (AvgIpc) is 2.34. The number of nitriles is 1. The molecule has 2 nitrogen and oxygen atoms in total. The van der Waals surface area contributed by atoms with E-state index in [0.29, 0.717) is 5.56 Å². The van der Waals surface area contributed by atoms with Crippen LogP contribution in [0.25, 0.3) is 0 Å². The fourth-order valence-electron chi connectivity index (χ4n) is 1.55. The Morgan fingerprint density at radius 1 is 1.12 bits per heavy atom. The first-order valence-corrected chi connectivity index (χ1v) is 6.01. The van der Waals surface area contributed by atoms with Gasteiger partial charge in [-0.05, 0) is 48.9 Å². The van der Waals surface area contributed by atoms with Crippen molar-refractivity contribution in [2.45, 2.75) is 6.92 Å². The molecule has 0 aromatic heterocycles. The van der Waals surface area contributed by atoms with Gasteiger partial charge in [0.25, 0.3) is 0 Å². The topological polar surface area (TPSA) is 35.8 Å². The Kier molecular flexibility index (Phi) is 3.46. The van der Waals surface area contributed by atoms with E-state index in [1.807, 2.05) is 49.4 Å². The van der Waals surface area contributed by atoms with Crippen molar-refractivity contribution in [2.75, 3.05) is 5.32 Å². The van der Waals surface area contributed by atoms with E-state index in [0.717, 1.165) is 21.4 Å². The van der Waals surface area contributed by atoms with Crippen molar-refractivity contribution in [3.63, 3.8) is 0 Å². The third-order valence-electron chi connectivity index (χ3n) is 2.42. The summed E-state index contributed by atoms with van der Waals surface area (Å²) in [6.45, 7) is 1.98. The molecule has 17 heavy (non-hydrogen) atoms. The lowest BCUT2D eigenvalue weighted by molar-refractivity contribution is 1.40. The number of hydrogen-bond acceptors (Lipinski definition) is 2. The summed E-state index contributed by atoms with van der Waals surface area (Å²) in [5, 5.41) is 12.3. The fourth-order valence-corrected chi connectivity index (χ4v) is 1.81. The number of aryl methyl sites for hydroxylation is 1. The van der Waals surface area contributed by atoms with Crippen LogP contribution < -0.4 is 5.32 Å². The van der Waals surface area contributed by atoms with Gasteiger partial charge in [-0.15, -0.1) is 0 Å². The quantitative estimate of drug-likeness (QED) is 0.890. The molecule has 2 aromatic carbocycles. The first kappa shape index (κ1) is 11.7. The predicted octanol–water partition coefficient (Wildman–Crippen LogP) is 4.37. The monoisotopic (exact) mass is 286 g/mol. The minimum Gasteiger partial charge on any atom is -0.354 e. The SMILES string of the molecule is Cc1ccc(Nc2ccc(Br)cc2)c(C#N)c1. The van der Waals surface area contributed by atoms with Crippen molar-refractivity contribution >= 4 is 27.3 Å². The Labute approximate surface area is 109 Å². The largest absolute Gasteiger partial charge is 0.354 e. The second kappa shape index (κ2) is 5.03. The lowest BCUT2D eigenvalue weighted by Crippen LogP contribution is -1.93. The zero-order chi connectivity index (χ0) is 12.3. The Morgan fingerprint density at radius 3 is 2.47 bits per heavy atom. The molecular weight excluding hydrogens is 276 g/mol. The number of halogens is 1. The van der Waals surface area contributed by atoms with Crippen LogP contribution in [0.15, 0.2) is 46.9 Å². The molecule has 0 saturated heterocycles. The van der Waals surface area contributed by atoms with Gasteiger partial charge in [-0.2, -0.15) is 5.26 Å². The lowest BCUT2D eigenvalue weighted by Gasteiger charge is -2.08. The highest BCUT2D eigenvalue weighted by atomic mass is 79.9. The maximum absolute atomic E-state index is 9.07. The van der Waals surface area contributed by atoms with Crippen LogP contribution in [0.2, 0.25) is 0 Å². The summed E-state index contributed by atoms with van der Waals surface area (Å²) in [6, 6.07) is 15.8. The maximum Gasteiger partial charge on any atom is 0.101 e. The number of nitrogens with zero attached hydrogens (tertiary/aromatic N) is 1. The summed E-state index contributed by atoms with van der Waals surface area (Å²) < 4.78 is 1.03. The molecule has 2 aromatic rings. The molecule has 84 valence electrons. The number of hydrogen-bond donors (Lipinski definition) is 1. The zero-order valence-electron chi connectivity index (χ0n) is 9.37. The second-order valence-corrected chi connectivity index (χ2v) is 4.71. The highest BCUT2D eigenvalue weighted by molar-refractivity contribution is 9.10. The lowest BCUT2D eigenvalue weighted by atomic mass is 10.1. The molecule has 0 radical (unpaired) electrons. The summed E-state index contributed by atoms with van der Waals surface area (Å²) in [7, 11) is 0. The molecule has 0 bridgehead atoms. The summed E-state index contributed by atoms with van der Waals surface area (Å²) in [6.07, 6.45) is 0. The molecule has 0 aliphatic carbocycles. The highest BCUT2D eigenvalue weighted by Gasteiger charge is 2.02. The van der Waals surface area contributed by atoms with Crippen molar-refractivity contribution < 1.29 is 0 Å². The van der Waals surface area contributed by atoms with E-state index in [1.54, 1.807) is 0 Å². The first-order valence-electron chi connectivity index (χ1n) is 5.22. The van der Waals surface area contributed by atoms with Gasteiger partial charge < -0.3 is 5.32 Å². The van der Waals surface area contributed by atoms with Gasteiger partial charge in [0, 0.05) is 10.2 Å². The number of rotatable bonds is 2. The van der Waals surface area contributed by atoms with E-state index in [4.69, 9.17) is 5.26 Å². The molecule has 0 spiro atoms. The standard InChI is InChI=1S/C14H11BrN2/c1-10-2-7-14(11(8-10)9-16)17-13-5-3-12(15)4-6-13/h2-8,17H,1H3. The molecule has 0 amide bonds. The summed E-state index contributed by atoms with van der Waals surface area (Å²) in [5.41, 5.74) is 3.55. The van der Waals surface area contributed by atoms with Crippen LogP contribution in [0.1, 0.15) is 11.1 Å². The summed E-state index contributed by atoms with van der Waals surface area (Å²) in [4.78, 5) is 0. The average molecular weight is 287 g/mol. The van der Waals surface area contributed by atoms with Crippen molar-refractivity contribution in [3.8, 4) is 6.07 Å². The van der Waals surface area contributed by atoms with Gasteiger partial charge in [-0.3, -0.25) is 0 Å². The van der Waals surface area contributed by atoms with Crippen LogP contribution in [0, 0.1) is 18.3 Å². The van der Waals surface area contributed by atoms with Crippen LogP contribution in [0.5, 0.6) is 0 Å². The van der Waals surface area contributed by atoms with E-state index in [2.05, 4.69) is 27.3 Å². The molecule has 0 atom stereocenters. The minimum absolute atomic E-state index is 0.660. The minimum atomic E-state index is 0.660. The number of benzene rings is 2. The highest BCUT2D eigenvalue weighted by Crippen LogP contribution is 2.22. The van der Waals surface area contributed by atoms with Gasteiger partial charge in [-0.25, -0.2) is 0 Å². The van der Waals surface area contributed by atoms with Crippen LogP contribution in [-0.4, -0.2) is 0 Å². The van der Waals surface area contributed by atoms with Crippen molar-refractivity contribution in [2.24, 2.45) is 0 Å². The van der Waals surface area contributed by atoms with Crippen LogP contribution in [-0.2, 0) is 0 Å². The molecular formula is C14H11BrN2. The van der Waals surface area contributed by atoms with E-state index in [1.165, 1.54) is 0 Å². The molecule has 0 aliphatic heterocycles. The molecule has 0 unspecified atom stereocenters. The molecule has 0 fully saturated rings. The molecule has 0 aliphatic rings. The van der Waals surface area contributed by atoms with Crippen LogP contribution >= 0.6 is 15.9 Å². The molecule has 3 heteroatoms. The van der Waals surface area contributed by atoms with Gasteiger partial charge in [-0.1, -0.05) is 22.0 Å². The Hall–Kier alpha value is -1.79. The smallest absolute Gasteiger partial charge is 0.101 e. The van der Waals surface area contributed by atoms with Crippen LogP contribution in [0.3, 0.4) is 0 Å². The van der Waals surface area contributed by atoms with Gasteiger partial charge >= 0.3 is 0 Å². The molecule has 1 N–H and O–H groups in total. The third kappa shape index (κ3) is 2.86. The number of nitrogens with one attached hydrogen (secondary N) is 1. The second-order valence-electron chi connectivity index (χ2n) is 3.79. The van der Waals surface area contributed by atoms with Gasteiger partial charge in [0.15, 0.2) is 0 Å².